The van der Waals surface area contributed by atoms with Gasteiger partial charge in [0, 0.05) is 18.5 Å². The molecule has 1 aliphatic heterocycles. The van der Waals surface area contributed by atoms with Crippen LogP contribution in [0.5, 0.6) is 0 Å². The molecule has 2 rings (SSSR count). The van der Waals surface area contributed by atoms with Gasteiger partial charge in [-0.05, 0) is 18.6 Å². The van der Waals surface area contributed by atoms with Gasteiger partial charge in [0.25, 0.3) is 0 Å². The summed E-state index contributed by atoms with van der Waals surface area (Å²) in [5.41, 5.74) is 6.86. The van der Waals surface area contributed by atoms with E-state index in [2.05, 4.69) is 0 Å². The van der Waals surface area contributed by atoms with Gasteiger partial charge in [-0.25, -0.2) is 0 Å². The minimum atomic E-state index is 0.00491. The number of anilines is 1. The van der Waals surface area contributed by atoms with Gasteiger partial charge in [-0.3, -0.25) is 10.2 Å². The van der Waals surface area contributed by atoms with Crippen LogP contribution >= 0.6 is 0 Å². The van der Waals surface area contributed by atoms with Crippen molar-refractivity contribution in [2.24, 2.45) is 5.73 Å². The second-order valence-corrected chi connectivity index (χ2v) is 3.58. The monoisotopic (exact) mass is 203 g/mol. The number of hydrogen-bond acceptors (Lipinski definition) is 2. The molecular formula is C11H13N3O. The lowest BCUT2D eigenvalue weighted by molar-refractivity contribution is -0.117. The van der Waals surface area contributed by atoms with Crippen molar-refractivity contribution < 1.29 is 4.79 Å². The van der Waals surface area contributed by atoms with Crippen molar-refractivity contribution in [3.05, 3.63) is 29.8 Å². The number of nitrogens with zero attached hydrogens (tertiary/aromatic N) is 1. The fourth-order valence-corrected chi connectivity index (χ4v) is 1.84. The van der Waals surface area contributed by atoms with E-state index in [-0.39, 0.29) is 11.7 Å². The molecule has 0 aromatic heterocycles. The molecule has 0 saturated carbocycles. The molecule has 1 fully saturated rings. The maximum atomic E-state index is 11.6. The Kier molecular flexibility index (Phi) is 2.41. The fourth-order valence-electron chi connectivity index (χ4n) is 1.84. The number of benzene rings is 1. The molecule has 0 aliphatic carbocycles. The highest BCUT2D eigenvalue weighted by atomic mass is 16.2. The summed E-state index contributed by atoms with van der Waals surface area (Å²) in [5.74, 6) is 0.119. The molecule has 78 valence electrons. The molecule has 15 heavy (non-hydrogen) atoms. The first-order valence-corrected chi connectivity index (χ1v) is 4.94. The van der Waals surface area contributed by atoms with Crippen LogP contribution < -0.4 is 10.6 Å². The molecule has 0 bridgehead atoms. The van der Waals surface area contributed by atoms with Crippen LogP contribution in [0.15, 0.2) is 24.3 Å². The van der Waals surface area contributed by atoms with Crippen molar-refractivity contribution in [2.45, 2.75) is 12.8 Å². The number of hydrogen-bond donors (Lipinski definition) is 2. The lowest BCUT2D eigenvalue weighted by Gasteiger charge is -2.18. The highest BCUT2D eigenvalue weighted by molar-refractivity contribution is 6.05. The molecule has 1 saturated heterocycles. The third-order valence-corrected chi connectivity index (χ3v) is 2.56. The van der Waals surface area contributed by atoms with Gasteiger partial charge in [0.1, 0.15) is 5.84 Å². The van der Waals surface area contributed by atoms with Crippen LogP contribution in [0.3, 0.4) is 0 Å². The Bertz CT molecular complexity index is 414. The Labute approximate surface area is 88.2 Å². The average Bonchev–Trinajstić information content (AvgIpc) is 2.64. The second-order valence-electron chi connectivity index (χ2n) is 3.58. The van der Waals surface area contributed by atoms with Crippen LogP contribution in [0.4, 0.5) is 5.69 Å². The molecule has 1 heterocycles. The largest absolute Gasteiger partial charge is 0.384 e. The molecule has 4 nitrogen and oxygen atoms in total. The summed E-state index contributed by atoms with van der Waals surface area (Å²) >= 11 is 0. The smallest absolute Gasteiger partial charge is 0.227 e. The SMILES string of the molecule is N=C(N)c1ccccc1N1CCCC1=O. The van der Waals surface area contributed by atoms with E-state index < -0.39 is 0 Å². The normalized spacial score (nSPS) is 15.7. The van der Waals surface area contributed by atoms with E-state index in [9.17, 15) is 4.79 Å². The lowest BCUT2D eigenvalue weighted by Crippen LogP contribution is -2.27. The summed E-state index contributed by atoms with van der Waals surface area (Å²) in [6.07, 6.45) is 1.47. The molecule has 0 atom stereocenters. The molecular weight excluding hydrogens is 190 g/mol. The number of amidine groups is 1. The van der Waals surface area contributed by atoms with Crippen LogP contribution in [-0.2, 0) is 4.79 Å². The molecule has 1 aromatic carbocycles. The first-order valence-electron chi connectivity index (χ1n) is 4.94. The summed E-state index contributed by atoms with van der Waals surface area (Å²) < 4.78 is 0. The van der Waals surface area contributed by atoms with E-state index in [4.69, 9.17) is 11.1 Å². The van der Waals surface area contributed by atoms with Crippen LogP contribution in [-0.4, -0.2) is 18.3 Å². The number of amides is 1. The standard InChI is InChI=1S/C11H13N3O/c12-11(13)8-4-1-2-5-9(8)14-7-3-6-10(14)15/h1-2,4-5H,3,6-7H2,(H3,12,13). The third-order valence-electron chi connectivity index (χ3n) is 2.56. The average molecular weight is 203 g/mol. The zero-order valence-corrected chi connectivity index (χ0v) is 8.36. The first-order chi connectivity index (χ1) is 7.20. The maximum absolute atomic E-state index is 11.6. The quantitative estimate of drug-likeness (QED) is 0.558. The number of nitrogens with two attached hydrogens (primary N) is 1. The molecule has 3 N–H and O–H groups in total. The Morgan fingerprint density at radius 1 is 1.40 bits per heavy atom. The summed E-state index contributed by atoms with van der Waals surface area (Å²) in [4.78, 5) is 13.3. The van der Waals surface area contributed by atoms with E-state index in [0.29, 0.717) is 12.0 Å². The zero-order valence-electron chi connectivity index (χ0n) is 8.36. The predicted octanol–water partition coefficient (Wildman–Crippen LogP) is 1.10. The minimum Gasteiger partial charge on any atom is -0.384 e. The van der Waals surface area contributed by atoms with E-state index >= 15 is 0 Å². The number of nitrogen functional groups attached to an aromatic ring is 1. The van der Waals surface area contributed by atoms with Crippen molar-refractivity contribution in [2.75, 3.05) is 11.4 Å². The van der Waals surface area contributed by atoms with Gasteiger partial charge in [0.15, 0.2) is 0 Å². The highest BCUT2D eigenvalue weighted by Crippen LogP contribution is 2.24. The van der Waals surface area contributed by atoms with Crippen LogP contribution in [0, 0.1) is 5.41 Å². The number of para-hydroxylation sites is 1. The molecule has 0 radical (unpaired) electrons. The van der Waals surface area contributed by atoms with E-state index in [0.717, 1.165) is 18.7 Å². The summed E-state index contributed by atoms with van der Waals surface area (Å²) in [7, 11) is 0. The molecule has 1 amide bonds. The van der Waals surface area contributed by atoms with Crippen molar-refractivity contribution in [3.8, 4) is 0 Å². The summed E-state index contributed by atoms with van der Waals surface area (Å²) in [5, 5.41) is 7.45. The van der Waals surface area contributed by atoms with Crippen molar-refractivity contribution in [1.82, 2.24) is 0 Å². The Morgan fingerprint density at radius 2 is 2.13 bits per heavy atom. The zero-order chi connectivity index (χ0) is 10.8. The third kappa shape index (κ3) is 1.70. The van der Waals surface area contributed by atoms with Gasteiger partial charge in [0.2, 0.25) is 5.91 Å². The van der Waals surface area contributed by atoms with Gasteiger partial charge in [-0.1, -0.05) is 12.1 Å². The number of nitrogens with one attached hydrogen (secondary N) is 1. The molecule has 0 spiro atoms. The molecule has 1 aromatic rings. The fraction of sp³-hybridized carbons (Fsp3) is 0.273. The number of rotatable bonds is 2. The summed E-state index contributed by atoms with van der Waals surface area (Å²) in [6, 6.07) is 7.28. The van der Waals surface area contributed by atoms with E-state index in [1.807, 2.05) is 18.2 Å². The maximum Gasteiger partial charge on any atom is 0.227 e. The van der Waals surface area contributed by atoms with Crippen LogP contribution in [0.1, 0.15) is 18.4 Å². The van der Waals surface area contributed by atoms with Gasteiger partial charge in [0.05, 0.1) is 5.69 Å². The van der Waals surface area contributed by atoms with Crippen LogP contribution in [0.2, 0.25) is 0 Å². The Hall–Kier alpha value is -1.84. The number of carbonyl (C=O) groups excluding carboxylic acids is 1. The van der Waals surface area contributed by atoms with Gasteiger partial charge in [-0.2, -0.15) is 0 Å². The van der Waals surface area contributed by atoms with Crippen molar-refractivity contribution >= 4 is 17.4 Å². The Balaban J connectivity index is 2.42. The van der Waals surface area contributed by atoms with Crippen LogP contribution in [0.25, 0.3) is 0 Å². The van der Waals surface area contributed by atoms with E-state index in [1.54, 1.807) is 11.0 Å². The molecule has 1 aliphatic rings. The van der Waals surface area contributed by atoms with Crippen molar-refractivity contribution in [3.63, 3.8) is 0 Å². The van der Waals surface area contributed by atoms with Gasteiger partial charge < -0.3 is 10.6 Å². The lowest BCUT2D eigenvalue weighted by atomic mass is 10.1. The van der Waals surface area contributed by atoms with Gasteiger partial charge >= 0.3 is 0 Å². The van der Waals surface area contributed by atoms with Crippen molar-refractivity contribution in [1.29, 1.82) is 5.41 Å². The topological polar surface area (TPSA) is 70.2 Å². The Morgan fingerprint density at radius 3 is 2.73 bits per heavy atom. The predicted molar refractivity (Wildman–Crippen MR) is 59.0 cm³/mol. The summed E-state index contributed by atoms with van der Waals surface area (Å²) in [6.45, 7) is 0.725. The number of carbonyl (C=O) groups is 1. The first kappa shape index (κ1) is 9.71. The highest BCUT2D eigenvalue weighted by Gasteiger charge is 2.23. The molecule has 0 unspecified atom stereocenters. The molecule has 4 heteroatoms. The van der Waals surface area contributed by atoms with E-state index in [1.165, 1.54) is 0 Å². The second kappa shape index (κ2) is 3.73. The van der Waals surface area contributed by atoms with Gasteiger partial charge in [-0.15, -0.1) is 0 Å². The minimum absolute atomic E-state index is 0.00491.